The van der Waals surface area contributed by atoms with Gasteiger partial charge in [0.05, 0.1) is 5.41 Å². The molecule has 86 valence electrons. The van der Waals surface area contributed by atoms with E-state index < -0.39 is 17.3 Å². The molecule has 1 saturated carbocycles. The van der Waals surface area contributed by atoms with Crippen LogP contribution in [0.1, 0.15) is 24.0 Å². The van der Waals surface area contributed by atoms with Crippen molar-refractivity contribution < 1.29 is 14.7 Å². The molecule has 0 unspecified atom stereocenters. The van der Waals surface area contributed by atoms with Crippen LogP contribution in [-0.4, -0.2) is 17.0 Å². The maximum Gasteiger partial charge on any atom is 0.314 e. The van der Waals surface area contributed by atoms with Crippen molar-refractivity contribution in [2.75, 3.05) is 0 Å². The number of hydrogen-bond donors (Lipinski definition) is 2. The lowest BCUT2D eigenvalue weighted by atomic mass is 9.95. The molecule has 1 amide bonds. The number of aliphatic carboxylic acids is 1. The lowest BCUT2D eigenvalue weighted by Crippen LogP contribution is -2.19. The molecule has 2 rings (SSSR count). The van der Waals surface area contributed by atoms with E-state index in [0.717, 1.165) is 5.56 Å². The third-order valence-electron chi connectivity index (χ3n) is 2.93. The van der Waals surface area contributed by atoms with Gasteiger partial charge in [-0.05, 0) is 36.5 Å². The van der Waals surface area contributed by atoms with Gasteiger partial charge in [-0.1, -0.05) is 18.1 Å². The molecule has 0 spiro atoms. The van der Waals surface area contributed by atoms with Crippen molar-refractivity contribution in [3.05, 3.63) is 35.4 Å². The van der Waals surface area contributed by atoms with Crippen LogP contribution in [0.4, 0.5) is 0 Å². The lowest BCUT2D eigenvalue weighted by molar-refractivity contribution is -0.140. The fourth-order valence-electron chi connectivity index (χ4n) is 1.76. The number of nitrogens with two attached hydrogens (primary N) is 1. The molecule has 0 bridgehead atoms. The van der Waals surface area contributed by atoms with Crippen LogP contribution in [-0.2, 0) is 15.0 Å². The summed E-state index contributed by atoms with van der Waals surface area (Å²) in [5.41, 5.74) is 5.63. The van der Waals surface area contributed by atoms with Crippen LogP contribution in [0.2, 0.25) is 0 Å². The Morgan fingerprint density at radius 1 is 1.24 bits per heavy atom. The Morgan fingerprint density at radius 3 is 2.24 bits per heavy atom. The summed E-state index contributed by atoms with van der Waals surface area (Å²) in [4.78, 5) is 21.6. The van der Waals surface area contributed by atoms with E-state index in [1.54, 1.807) is 24.3 Å². The maximum atomic E-state index is 11.1. The highest BCUT2D eigenvalue weighted by atomic mass is 16.4. The van der Waals surface area contributed by atoms with Crippen molar-refractivity contribution >= 4 is 11.9 Å². The summed E-state index contributed by atoms with van der Waals surface area (Å²) in [7, 11) is 0. The van der Waals surface area contributed by atoms with Gasteiger partial charge in [0.25, 0.3) is 5.91 Å². The number of amides is 1. The van der Waals surface area contributed by atoms with Crippen molar-refractivity contribution in [2.24, 2.45) is 5.73 Å². The van der Waals surface area contributed by atoms with Crippen molar-refractivity contribution in [2.45, 2.75) is 18.3 Å². The third-order valence-corrected chi connectivity index (χ3v) is 2.93. The third kappa shape index (κ3) is 2.13. The molecule has 0 aromatic heterocycles. The monoisotopic (exact) mass is 229 g/mol. The van der Waals surface area contributed by atoms with Gasteiger partial charge in [-0.3, -0.25) is 9.59 Å². The molecule has 0 saturated heterocycles. The standard InChI is InChI=1S/C13H11NO3/c14-11(15)6-3-9-1-4-10(5-2-9)13(7-8-13)12(16)17/h1-2,4-5H,7-8H2,(H2,14,15)(H,16,17). The number of carboxylic acid groups (broad SMARTS) is 1. The first-order chi connectivity index (χ1) is 8.04. The molecule has 3 N–H and O–H groups in total. The van der Waals surface area contributed by atoms with Gasteiger partial charge in [0.15, 0.2) is 0 Å². The van der Waals surface area contributed by atoms with Crippen LogP contribution in [0.25, 0.3) is 0 Å². The molecule has 1 aromatic rings. The number of benzene rings is 1. The highest BCUT2D eigenvalue weighted by molar-refractivity contribution is 5.92. The number of primary amides is 1. The van der Waals surface area contributed by atoms with Gasteiger partial charge >= 0.3 is 5.97 Å². The predicted octanol–water partition coefficient (Wildman–Crippen LogP) is 0.640. The average Bonchev–Trinajstić information content (AvgIpc) is 3.08. The molecule has 1 aliphatic rings. The SMILES string of the molecule is NC(=O)C#Cc1ccc(C2(C(=O)O)CC2)cc1. The Balaban J connectivity index is 2.23. The zero-order chi connectivity index (χ0) is 12.5. The number of rotatable bonds is 2. The smallest absolute Gasteiger partial charge is 0.314 e. The molecule has 4 nitrogen and oxygen atoms in total. The van der Waals surface area contributed by atoms with Gasteiger partial charge in [-0.15, -0.1) is 0 Å². The first-order valence-corrected chi connectivity index (χ1v) is 5.20. The first kappa shape index (κ1) is 11.2. The van der Waals surface area contributed by atoms with Crippen LogP contribution in [0.15, 0.2) is 24.3 Å². The van der Waals surface area contributed by atoms with Gasteiger partial charge in [0.1, 0.15) is 0 Å². The van der Waals surface area contributed by atoms with Crippen LogP contribution < -0.4 is 5.73 Å². The fraction of sp³-hybridized carbons (Fsp3) is 0.231. The van der Waals surface area contributed by atoms with Crippen LogP contribution in [0.5, 0.6) is 0 Å². The van der Waals surface area contributed by atoms with Crippen molar-refractivity contribution in [1.82, 2.24) is 0 Å². The number of hydrogen-bond acceptors (Lipinski definition) is 2. The summed E-state index contributed by atoms with van der Waals surface area (Å²) < 4.78 is 0. The molecule has 0 heterocycles. The molecule has 1 aliphatic carbocycles. The number of carbonyl (C=O) groups excluding carboxylic acids is 1. The molecular weight excluding hydrogens is 218 g/mol. The second-order valence-electron chi connectivity index (χ2n) is 4.08. The Morgan fingerprint density at radius 2 is 1.82 bits per heavy atom. The Bertz CT molecular complexity index is 530. The highest BCUT2D eigenvalue weighted by Crippen LogP contribution is 2.48. The van der Waals surface area contributed by atoms with E-state index in [4.69, 9.17) is 10.8 Å². The minimum Gasteiger partial charge on any atom is -0.481 e. The molecule has 0 atom stereocenters. The summed E-state index contributed by atoms with van der Waals surface area (Å²) in [6.07, 6.45) is 1.35. The topological polar surface area (TPSA) is 80.4 Å². The van der Waals surface area contributed by atoms with Gasteiger partial charge in [-0.25, -0.2) is 0 Å². The molecular formula is C13H11NO3. The van der Waals surface area contributed by atoms with Crippen LogP contribution in [0.3, 0.4) is 0 Å². The first-order valence-electron chi connectivity index (χ1n) is 5.20. The summed E-state index contributed by atoms with van der Waals surface area (Å²) in [5.74, 6) is 3.37. The Labute approximate surface area is 98.4 Å². The van der Waals surface area contributed by atoms with E-state index in [1.165, 1.54) is 0 Å². The second-order valence-corrected chi connectivity index (χ2v) is 4.08. The molecule has 0 radical (unpaired) electrons. The Hall–Kier alpha value is -2.28. The minimum atomic E-state index is -0.784. The average molecular weight is 229 g/mol. The normalized spacial score (nSPS) is 15.5. The van der Waals surface area contributed by atoms with Gasteiger partial charge < -0.3 is 10.8 Å². The van der Waals surface area contributed by atoms with Gasteiger partial charge in [0, 0.05) is 5.56 Å². The maximum absolute atomic E-state index is 11.1. The fourth-order valence-corrected chi connectivity index (χ4v) is 1.76. The van der Waals surface area contributed by atoms with E-state index in [1.807, 2.05) is 0 Å². The van der Waals surface area contributed by atoms with Crippen molar-refractivity contribution in [1.29, 1.82) is 0 Å². The number of carboxylic acids is 1. The molecule has 1 aromatic carbocycles. The predicted molar refractivity (Wildman–Crippen MR) is 61.1 cm³/mol. The van der Waals surface area contributed by atoms with E-state index in [0.29, 0.717) is 18.4 Å². The molecule has 0 aliphatic heterocycles. The zero-order valence-electron chi connectivity index (χ0n) is 9.06. The summed E-state index contributed by atoms with van der Waals surface area (Å²) in [5, 5.41) is 9.11. The minimum absolute atomic E-state index is 0.647. The lowest BCUT2D eigenvalue weighted by Gasteiger charge is -2.09. The highest BCUT2D eigenvalue weighted by Gasteiger charge is 2.51. The van der Waals surface area contributed by atoms with Gasteiger partial charge in [0.2, 0.25) is 0 Å². The van der Waals surface area contributed by atoms with E-state index in [-0.39, 0.29) is 0 Å². The van der Waals surface area contributed by atoms with Crippen molar-refractivity contribution in [3.8, 4) is 11.8 Å². The van der Waals surface area contributed by atoms with Crippen molar-refractivity contribution in [3.63, 3.8) is 0 Å². The van der Waals surface area contributed by atoms with E-state index in [2.05, 4.69) is 11.8 Å². The largest absolute Gasteiger partial charge is 0.481 e. The summed E-state index contributed by atoms with van der Waals surface area (Å²) in [6.45, 7) is 0. The summed E-state index contributed by atoms with van der Waals surface area (Å²) in [6, 6.07) is 6.89. The molecule has 17 heavy (non-hydrogen) atoms. The quantitative estimate of drug-likeness (QED) is 0.730. The zero-order valence-corrected chi connectivity index (χ0v) is 9.06. The van der Waals surface area contributed by atoms with E-state index in [9.17, 15) is 9.59 Å². The second kappa shape index (κ2) is 3.95. The molecule has 1 fully saturated rings. The van der Waals surface area contributed by atoms with Crippen LogP contribution in [0, 0.1) is 11.8 Å². The van der Waals surface area contributed by atoms with Crippen LogP contribution >= 0.6 is 0 Å². The number of carbonyl (C=O) groups is 2. The Kier molecular flexibility index (Phi) is 2.60. The van der Waals surface area contributed by atoms with E-state index >= 15 is 0 Å². The summed E-state index contributed by atoms with van der Waals surface area (Å²) >= 11 is 0. The molecule has 4 heteroatoms. The van der Waals surface area contributed by atoms with Gasteiger partial charge in [-0.2, -0.15) is 0 Å².